The lowest BCUT2D eigenvalue weighted by molar-refractivity contribution is -0.151. The molecule has 266 valence electrons. The molecule has 4 atom stereocenters. The zero-order valence-electron chi connectivity index (χ0n) is 29.5. The number of likely N-dealkylation sites (tertiary alicyclic amines) is 1. The molecular formula is C39H46BrN3O7. The van der Waals surface area contributed by atoms with Gasteiger partial charge in [-0.1, -0.05) is 24.3 Å². The van der Waals surface area contributed by atoms with Gasteiger partial charge in [-0.2, -0.15) is 0 Å². The highest BCUT2D eigenvalue weighted by molar-refractivity contribution is 9.10. The van der Waals surface area contributed by atoms with Gasteiger partial charge in [0.15, 0.2) is 18.1 Å². The Kier molecular flexibility index (Phi) is 11.4. The number of Topliss-reactive ketones (excluding diaryl/α,β-unsaturated/α-hetero) is 1. The molecule has 0 bridgehead atoms. The molecule has 0 spiro atoms. The van der Waals surface area contributed by atoms with Crippen molar-refractivity contribution < 1.29 is 33.8 Å². The first kappa shape index (κ1) is 37.0. The summed E-state index contributed by atoms with van der Waals surface area (Å²) in [6.07, 6.45) is 2.59. The van der Waals surface area contributed by atoms with Crippen LogP contribution >= 0.6 is 15.9 Å². The number of ether oxygens (including phenoxy) is 2. The second kappa shape index (κ2) is 15.3. The number of hydrogen-bond acceptors (Lipinski definition) is 7. The van der Waals surface area contributed by atoms with Crippen LogP contribution in [0.1, 0.15) is 66.3 Å². The molecule has 5 rings (SSSR count). The van der Waals surface area contributed by atoms with Crippen LogP contribution < -0.4 is 20.1 Å². The predicted molar refractivity (Wildman–Crippen MR) is 196 cm³/mol. The maximum atomic E-state index is 14.4. The minimum absolute atomic E-state index is 0.136. The number of carbonyl (C=O) groups is 4. The summed E-state index contributed by atoms with van der Waals surface area (Å²) in [7, 11) is 1.45. The maximum absolute atomic E-state index is 14.4. The average molecular weight is 749 g/mol. The molecule has 0 aromatic heterocycles. The molecule has 2 fully saturated rings. The van der Waals surface area contributed by atoms with Crippen LogP contribution in [0, 0.1) is 39.5 Å². The van der Waals surface area contributed by atoms with Crippen LogP contribution in [-0.2, 0) is 19.2 Å². The lowest BCUT2D eigenvalue weighted by Crippen LogP contribution is -2.56. The molecule has 10 nitrogen and oxygen atoms in total. The normalized spacial score (nSPS) is 22.1. The SMILES string of the molecule is COc1cc(C2C(C(=O)Nc3cc(C)ccc3C)C(=O)CC(C)(O)C2C(=O)Nc2cc(C)ccc2C)cc(Br)c1OCC(=O)N1CCCCC1. The number of aryl methyl sites for hydroxylation is 4. The average Bonchev–Trinajstić information content (AvgIpc) is 3.06. The summed E-state index contributed by atoms with van der Waals surface area (Å²) in [5.41, 5.74) is 3.20. The molecule has 2 aliphatic rings. The zero-order valence-corrected chi connectivity index (χ0v) is 31.1. The van der Waals surface area contributed by atoms with E-state index in [0.717, 1.165) is 41.5 Å². The van der Waals surface area contributed by atoms with E-state index < -0.39 is 47.4 Å². The lowest BCUT2D eigenvalue weighted by atomic mass is 9.61. The van der Waals surface area contributed by atoms with Crippen LogP contribution in [0.25, 0.3) is 0 Å². The van der Waals surface area contributed by atoms with Crippen molar-refractivity contribution >= 4 is 50.8 Å². The van der Waals surface area contributed by atoms with Gasteiger partial charge in [0.25, 0.3) is 5.91 Å². The molecule has 1 aliphatic heterocycles. The van der Waals surface area contributed by atoms with Crippen LogP contribution in [-0.4, -0.2) is 65.9 Å². The van der Waals surface area contributed by atoms with Crippen LogP contribution in [0.2, 0.25) is 0 Å². The first-order chi connectivity index (χ1) is 23.7. The number of anilines is 2. The van der Waals surface area contributed by atoms with Gasteiger partial charge in [-0.05, 0) is 122 Å². The van der Waals surface area contributed by atoms with Crippen LogP contribution in [0.3, 0.4) is 0 Å². The predicted octanol–water partition coefficient (Wildman–Crippen LogP) is 6.40. The standard InChI is InChI=1S/C39H46BrN3O7/c1-22-10-12-24(3)28(16-22)41-37(46)34-30(44)20-39(5,48)35(38(47)42-29-17-23(2)11-13-25(29)4)33(34)26-18-27(40)36(31(19-26)49-6)50-21-32(45)43-14-8-7-9-15-43/h10-13,16-19,33-35,48H,7-9,14-15,20-21H2,1-6H3,(H,41,46)(H,42,47). The van der Waals surface area contributed by atoms with Gasteiger partial charge >= 0.3 is 0 Å². The molecule has 1 saturated heterocycles. The first-order valence-electron chi connectivity index (χ1n) is 17.0. The Morgan fingerprint density at radius 2 is 1.48 bits per heavy atom. The molecule has 3 aromatic rings. The van der Waals surface area contributed by atoms with Crippen LogP contribution in [0.15, 0.2) is 53.0 Å². The third kappa shape index (κ3) is 8.05. The van der Waals surface area contributed by atoms with E-state index in [-0.39, 0.29) is 24.0 Å². The Morgan fingerprint density at radius 3 is 2.06 bits per heavy atom. The molecule has 1 heterocycles. The van der Waals surface area contributed by atoms with Gasteiger partial charge in [-0.25, -0.2) is 0 Å². The second-order valence-corrected chi connectivity index (χ2v) is 14.7. The Balaban J connectivity index is 1.57. The minimum atomic E-state index is -1.81. The molecule has 3 aromatic carbocycles. The van der Waals surface area contributed by atoms with Crippen molar-refractivity contribution in [2.75, 3.05) is 37.4 Å². The highest BCUT2D eigenvalue weighted by Gasteiger charge is 2.56. The van der Waals surface area contributed by atoms with Gasteiger partial charge in [-0.15, -0.1) is 0 Å². The van der Waals surface area contributed by atoms with E-state index in [2.05, 4.69) is 26.6 Å². The lowest BCUT2D eigenvalue weighted by Gasteiger charge is -2.44. The van der Waals surface area contributed by atoms with Gasteiger partial charge in [0.2, 0.25) is 11.8 Å². The Labute approximate surface area is 302 Å². The summed E-state index contributed by atoms with van der Waals surface area (Å²) < 4.78 is 12.1. The van der Waals surface area contributed by atoms with E-state index in [4.69, 9.17) is 9.47 Å². The Bertz CT molecular complexity index is 1800. The van der Waals surface area contributed by atoms with Gasteiger partial charge < -0.3 is 30.1 Å². The summed E-state index contributed by atoms with van der Waals surface area (Å²) in [5, 5.41) is 17.8. The van der Waals surface area contributed by atoms with E-state index in [9.17, 15) is 24.3 Å². The number of methoxy groups -OCH3 is 1. The molecule has 0 radical (unpaired) electrons. The van der Waals surface area contributed by atoms with E-state index in [1.54, 1.807) is 17.0 Å². The third-order valence-electron chi connectivity index (χ3n) is 9.82. The van der Waals surface area contributed by atoms with Gasteiger partial charge in [0.1, 0.15) is 11.7 Å². The van der Waals surface area contributed by atoms with Crippen molar-refractivity contribution in [1.29, 1.82) is 0 Å². The molecule has 3 N–H and O–H groups in total. The third-order valence-corrected chi connectivity index (χ3v) is 10.4. The maximum Gasteiger partial charge on any atom is 0.260 e. The fraction of sp³-hybridized carbons (Fsp3) is 0.436. The quantitative estimate of drug-likeness (QED) is 0.216. The molecule has 1 saturated carbocycles. The molecule has 3 amide bonds. The number of aliphatic hydroxyl groups is 1. The van der Waals surface area contributed by atoms with Gasteiger partial charge in [0.05, 0.1) is 23.1 Å². The molecule has 11 heteroatoms. The fourth-order valence-electron chi connectivity index (χ4n) is 7.09. The number of nitrogens with one attached hydrogen (secondary N) is 2. The fourth-order valence-corrected chi connectivity index (χ4v) is 7.67. The number of amides is 3. The zero-order chi connectivity index (χ0) is 36.3. The number of hydrogen-bond donors (Lipinski definition) is 3. The summed E-state index contributed by atoms with van der Waals surface area (Å²) in [4.78, 5) is 57.3. The van der Waals surface area contributed by atoms with Crippen molar-refractivity contribution in [2.45, 2.75) is 71.8 Å². The molecule has 1 aliphatic carbocycles. The number of piperidine rings is 1. The van der Waals surface area contributed by atoms with E-state index in [1.165, 1.54) is 14.0 Å². The Morgan fingerprint density at radius 1 is 0.900 bits per heavy atom. The summed E-state index contributed by atoms with van der Waals surface area (Å²) in [6, 6.07) is 14.6. The number of carbonyl (C=O) groups excluding carboxylic acids is 4. The second-order valence-electron chi connectivity index (χ2n) is 13.9. The number of halogens is 1. The van der Waals surface area contributed by atoms with Crippen molar-refractivity contribution in [3.05, 3.63) is 80.8 Å². The van der Waals surface area contributed by atoms with Crippen LogP contribution in [0.4, 0.5) is 11.4 Å². The molecular weight excluding hydrogens is 702 g/mol. The van der Waals surface area contributed by atoms with Crippen molar-refractivity contribution in [3.63, 3.8) is 0 Å². The van der Waals surface area contributed by atoms with Crippen molar-refractivity contribution in [1.82, 2.24) is 4.90 Å². The van der Waals surface area contributed by atoms with E-state index >= 15 is 0 Å². The smallest absolute Gasteiger partial charge is 0.260 e. The summed E-state index contributed by atoms with van der Waals surface area (Å²) in [5.74, 6) is -4.94. The number of ketones is 1. The topological polar surface area (TPSA) is 134 Å². The molecule has 4 unspecified atom stereocenters. The van der Waals surface area contributed by atoms with E-state index in [0.29, 0.717) is 34.5 Å². The van der Waals surface area contributed by atoms with E-state index in [1.807, 2.05) is 64.1 Å². The largest absolute Gasteiger partial charge is 0.493 e. The van der Waals surface area contributed by atoms with Crippen LogP contribution in [0.5, 0.6) is 11.5 Å². The number of nitrogens with zero attached hydrogens (tertiary/aromatic N) is 1. The summed E-state index contributed by atoms with van der Waals surface area (Å²) in [6.45, 7) is 10.2. The van der Waals surface area contributed by atoms with Crippen molar-refractivity contribution in [2.24, 2.45) is 11.8 Å². The number of rotatable bonds is 9. The highest BCUT2D eigenvalue weighted by atomic mass is 79.9. The summed E-state index contributed by atoms with van der Waals surface area (Å²) >= 11 is 3.57. The first-order valence-corrected chi connectivity index (χ1v) is 17.8. The highest BCUT2D eigenvalue weighted by Crippen LogP contribution is 2.49. The van der Waals surface area contributed by atoms with Gasteiger partial charge in [-0.3, -0.25) is 19.2 Å². The molecule has 50 heavy (non-hydrogen) atoms. The van der Waals surface area contributed by atoms with Gasteiger partial charge in [0, 0.05) is 36.8 Å². The Hall–Kier alpha value is -4.22. The monoisotopic (exact) mass is 747 g/mol. The minimum Gasteiger partial charge on any atom is -0.493 e. The van der Waals surface area contributed by atoms with Crippen molar-refractivity contribution in [3.8, 4) is 11.5 Å². The number of benzene rings is 3.